The Balaban J connectivity index is 1.50. The Labute approximate surface area is 184 Å². The Morgan fingerprint density at radius 3 is 2.57 bits per heavy atom. The maximum absolute atomic E-state index is 6.15. The summed E-state index contributed by atoms with van der Waals surface area (Å²) in [6.07, 6.45) is 0. The van der Waals surface area contributed by atoms with E-state index in [2.05, 4.69) is 70.5 Å². The molecular formula is C24H30ClN5. The van der Waals surface area contributed by atoms with Gasteiger partial charge in [0.25, 0.3) is 0 Å². The van der Waals surface area contributed by atoms with Crippen LogP contribution in [0.4, 0.5) is 11.5 Å². The predicted molar refractivity (Wildman–Crippen MR) is 128 cm³/mol. The molecule has 0 unspecified atom stereocenters. The van der Waals surface area contributed by atoms with Crippen LogP contribution in [0.3, 0.4) is 0 Å². The van der Waals surface area contributed by atoms with E-state index in [9.17, 15) is 0 Å². The van der Waals surface area contributed by atoms with Gasteiger partial charge in [-0.3, -0.25) is 4.90 Å². The average molecular weight is 424 g/mol. The highest BCUT2D eigenvalue weighted by atomic mass is 35.5. The Kier molecular flexibility index (Phi) is 6.72. The summed E-state index contributed by atoms with van der Waals surface area (Å²) in [5.41, 5.74) is 3.31. The number of benzene rings is 2. The van der Waals surface area contributed by atoms with E-state index in [-0.39, 0.29) is 0 Å². The maximum Gasteiger partial charge on any atom is 0.131 e. The number of nitrogens with one attached hydrogen (secondary N) is 1. The minimum absolute atomic E-state index is 0.728. The fourth-order valence-electron chi connectivity index (χ4n) is 3.86. The van der Waals surface area contributed by atoms with Crippen LogP contribution in [0, 0.1) is 0 Å². The van der Waals surface area contributed by atoms with Gasteiger partial charge in [-0.25, -0.2) is 4.98 Å². The molecule has 1 aromatic heterocycles. The molecule has 0 spiro atoms. The molecule has 4 rings (SSSR count). The van der Waals surface area contributed by atoms with Gasteiger partial charge in [-0.05, 0) is 37.9 Å². The van der Waals surface area contributed by atoms with E-state index in [0.29, 0.717) is 0 Å². The lowest BCUT2D eigenvalue weighted by molar-refractivity contribution is 0.229. The summed E-state index contributed by atoms with van der Waals surface area (Å²) in [4.78, 5) is 12.2. The van der Waals surface area contributed by atoms with Crippen LogP contribution in [-0.4, -0.2) is 68.1 Å². The summed E-state index contributed by atoms with van der Waals surface area (Å²) < 4.78 is 0. The number of aromatic nitrogens is 1. The number of hydrogen-bond acceptors (Lipinski definition) is 5. The van der Waals surface area contributed by atoms with Crippen molar-refractivity contribution in [1.82, 2.24) is 14.8 Å². The van der Waals surface area contributed by atoms with E-state index < -0.39 is 0 Å². The second-order valence-corrected chi connectivity index (χ2v) is 8.60. The fourth-order valence-corrected chi connectivity index (χ4v) is 4.07. The molecule has 3 aromatic rings. The molecule has 1 saturated heterocycles. The van der Waals surface area contributed by atoms with Crippen LogP contribution >= 0.6 is 11.6 Å². The Morgan fingerprint density at radius 2 is 1.80 bits per heavy atom. The summed E-state index contributed by atoms with van der Waals surface area (Å²) in [7, 11) is 4.26. The third-order valence-corrected chi connectivity index (χ3v) is 5.87. The van der Waals surface area contributed by atoms with Gasteiger partial charge < -0.3 is 15.1 Å². The summed E-state index contributed by atoms with van der Waals surface area (Å²) >= 11 is 6.15. The average Bonchev–Trinajstić information content (AvgIpc) is 2.76. The Hall–Kier alpha value is -2.34. The number of nitrogens with zero attached hydrogens (tertiary/aromatic N) is 4. The van der Waals surface area contributed by atoms with Crippen molar-refractivity contribution in [2.45, 2.75) is 6.54 Å². The maximum atomic E-state index is 6.15. The number of rotatable bonds is 7. The highest BCUT2D eigenvalue weighted by Gasteiger charge is 2.19. The first-order valence-electron chi connectivity index (χ1n) is 10.6. The van der Waals surface area contributed by atoms with Crippen LogP contribution < -0.4 is 10.2 Å². The zero-order chi connectivity index (χ0) is 20.9. The molecule has 0 atom stereocenters. The van der Waals surface area contributed by atoms with Crippen molar-refractivity contribution in [3.05, 3.63) is 65.2 Å². The molecule has 30 heavy (non-hydrogen) atoms. The second-order valence-electron chi connectivity index (χ2n) is 8.16. The zero-order valence-corrected chi connectivity index (χ0v) is 18.6. The first-order valence-corrected chi connectivity index (χ1v) is 11.0. The lowest BCUT2D eigenvalue weighted by atomic mass is 10.1. The summed E-state index contributed by atoms with van der Waals surface area (Å²) in [5.74, 6) is 1.05. The van der Waals surface area contributed by atoms with Gasteiger partial charge in [0.1, 0.15) is 5.82 Å². The van der Waals surface area contributed by atoms with Crippen LogP contribution in [0.2, 0.25) is 5.02 Å². The minimum atomic E-state index is 0.728. The smallest absolute Gasteiger partial charge is 0.131 e. The largest absolute Gasteiger partial charge is 0.380 e. The monoisotopic (exact) mass is 423 g/mol. The number of piperazine rings is 1. The van der Waals surface area contributed by atoms with Crippen molar-refractivity contribution in [3.8, 4) is 0 Å². The van der Waals surface area contributed by atoms with Crippen LogP contribution in [0.5, 0.6) is 0 Å². The fraction of sp³-hybridized carbons (Fsp3) is 0.375. The quantitative estimate of drug-likeness (QED) is 0.616. The number of para-hydroxylation sites is 1. The number of halogens is 1. The number of hydrogen-bond donors (Lipinski definition) is 1. The molecule has 0 saturated carbocycles. The van der Waals surface area contributed by atoms with Crippen molar-refractivity contribution in [2.75, 3.05) is 63.6 Å². The van der Waals surface area contributed by atoms with E-state index in [1.165, 1.54) is 5.56 Å². The second kappa shape index (κ2) is 9.65. The van der Waals surface area contributed by atoms with Crippen LogP contribution in [0.15, 0.2) is 54.6 Å². The molecule has 6 heteroatoms. The molecule has 0 aliphatic carbocycles. The van der Waals surface area contributed by atoms with E-state index in [1.807, 2.05) is 18.2 Å². The van der Waals surface area contributed by atoms with Crippen molar-refractivity contribution in [3.63, 3.8) is 0 Å². The SMILES string of the molecule is CN(C)CCN1CCN(c2cc(NCc3cccc(Cl)c3)c3ccccc3n2)CC1. The van der Waals surface area contributed by atoms with E-state index in [1.54, 1.807) is 0 Å². The standard InChI is InChI=1S/C24H30ClN5/c1-28(2)10-11-29-12-14-30(15-13-29)24-17-23(21-8-3-4-9-22(21)27-24)26-18-19-6-5-7-20(25)16-19/h3-9,16-17H,10-15,18H2,1-2H3,(H,26,27). The molecule has 0 amide bonds. The predicted octanol–water partition coefficient (Wildman–Crippen LogP) is 4.18. The van der Waals surface area contributed by atoms with Gasteiger partial charge in [0.2, 0.25) is 0 Å². The van der Waals surface area contributed by atoms with Gasteiger partial charge in [0, 0.05) is 68.0 Å². The van der Waals surface area contributed by atoms with Gasteiger partial charge in [-0.2, -0.15) is 0 Å². The van der Waals surface area contributed by atoms with Gasteiger partial charge in [-0.15, -0.1) is 0 Å². The highest BCUT2D eigenvalue weighted by molar-refractivity contribution is 6.30. The van der Waals surface area contributed by atoms with Crippen molar-refractivity contribution in [2.24, 2.45) is 0 Å². The number of likely N-dealkylation sites (N-methyl/N-ethyl adjacent to an activating group) is 1. The molecule has 1 N–H and O–H groups in total. The first kappa shape index (κ1) is 20.9. The van der Waals surface area contributed by atoms with Crippen LogP contribution in [0.25, 0.3) is 10.9 Å². The molecule has 1 aliphatic heterocycles. The molecule has 158 valence electrons. The van der Waals surface area contributed by atoms with Gasteiger partial charge in [-0.1, -0.05) is 41.9 Å². The molecule has 0 bridgehead atoms. The van der Waals surface area contributed by atoms with Gasteiger partial charge in [0.15, 0.2) is 0 Å². The molecule has 2 heterocycles. The Morgan fingerprint density at radius 1 is 1.00 bits per heavy atom. The van der Waals surface area contributed by atoms with E-state index >= 15 is 0 Å². The molecule has 0 radical (unpaired) electrons. The first-order chi connectivity index (χ1) is 14.6. The normalized spacial score (nSPS) is 15.1. The third kappa shape index (κ3) is 5.22. The van der Waals surface area contributed by atoms with Crippen molar-refractivity contribution in [1.29, 1.82) is 0 Å². The van der Waals surface area contributed by atoms with Crippen molar-refractivity contribution >= 4 is 34.0 Å². The summed E-state index contributed by atoms with van der Waals surface area (Å²) in [5, 5.41) is 5.52. The molecular weight excluding hydrogens is 394 g/mol. The third-order valence-electron chi connectivity index (χ3n) is 5.63. The summed E-state index contributed by atoms with van der Waals surface area (Å²) in [6.45, 7) is 7.12. The Bertz CT molecular complexity index is 982. The topological polar surface area (TPSA) is 34.6 Å². The number of fused-ring (bicyclic) bond motifs is 1. The zero-order valence-electron chi connectivity index (χ0n) is 17.8. The van der Waals surface area contributed by atoms with Gasteiger partial charge in [0.05, 0.1) is 5.52 Å². The number of anilines is 2. The molecule has 5 nitrogen and oxygen atoms in total. The minimum Gasteiger partial charge on any atom is -0.380 e. The van der Waals surface area contributed by atoms with Crippen molar-refractivity contribution < 1.29 is 0 Å². The molecule has 2 aromatic carbocycles. The van der Waals surface area contributed by atoms with Crippen LogP contribution in [-0.2, 0) is 6.54 Å². The number of pyridine rings is 1. The summed E-state index contributed by atoms with van der Waals surface area (Å²) in [6, 6.07) is 18.5. The van der Waals surface area contributed by atoms with E-state index in [4.69, 9.17) is 16.6 Å². The lowest BCUT2D eigenvalue weighted by Crippen LogP contribution is -2.48. The van der Waals surface area contributed by atoms with E-state index in [0.717, 1.165) is 73.2 Å². The van der Waals surface area contributed by atoms with Gasteiger partial charge >= 0.3 is 0 Å². The van der Waals surface area contributed by atoms with Crippen LogP contribution in [0.1, 0.15) is 5.56 Å². The molecule has 1 aliphatic rings. The molecule has 1 fully saturated rings. The lowest BCUT2D eigenvalue weighted by Gasteiger charge is -2.36. The highest BCUT2D eigenvalue weighted by Crippen LogP contribution is 2.28.